The van der Waals surface area contributed by atoms with E-state index in [2.05, 4.69) is 32.0 Å². The molecule has 0 aliphatic carbocycles. The van der Waals surface area contributed by atoms with Crippen LogP contribution in [-0.2, 0) is 4.74 Å². The molecule has 2 aromatic carbocycles. The van der Waals surface area contributed by atoms with Gasteiger partial charge in [-0.2, -0.15) is 5.26 Å². The van der Waals surface area contributed by atoms with Crippen molar-refractivity contribution in [1.29, 1.82) is 5.26 Å². The number of hydrogen-bond donors (Lipinski definition) is 0. The third-order valence-electron chi connectivity index (χ3n) is 5.14. The van der Waals surface area contributed by atoms with Gasteiger partial charge in [-0.3, -0.25) is 9.69 Å². The zero-order valence-electron chi connectivity index (χ0n) is 15.9. The number of amides is 1. The van der Waals surface area contributed by atoms with E-state index in [9.17, 15) is 4.79 Å². The van der Waals surface area contributed by atoms with Crippen LogP contribution >= 0.6 is 11.3 Å². The number of thiazole rings is 1. The van der Waals surface area contributed by atoms with Gasteiger partial charge in [-0.1, -0.05) is 11.3 Å². The van der Waals surface area contributed by atoms with E-state index in [-0.39, 0.29) is 12.0 Å². The minimum Gasteiger partial charge on any atom is -0.376 e. The van der Waals surface area contributed by atoms with Gasteiger partial charge < -0.3 is 4.74 Å². The monoisotopic (exact) mass is 391 g/mol. The first-order valence-corrected chi connectivity index (χ1v) is 10.2. The topological polar surface area (TPSA) is 66.2 Å². The zero-order valence-corrected chi connectivity index (χ0v) is 16.8. The van der Waals surface area contributed by atoms with E-state index in [0.29, 0.717) is 22.8 Å². The Labute approximate surface area is 168 Å². The maximum Gasteiger partial charge on any atom is 0.260 e. The lowest BCUT2D eigenvalue weighted by molar-refractivity contribution is 0.0917. The third kappa shape index (κ3) is 3.64. The van der Waals surface area contributed by atoms with Crippen LogP contribution in [0.5, 0.6) is 0 Å². The number of ether oxygens (including phenoxy) is 1. The van der Waals surface area contributed by atoms with Crippen molar-refractivity contribution in [3.8, 4) is 6.07 Å². The average molecular weight is 391 g/mol. The van der Waals surface area contributed by atoms with Crippen molar-refractivity contribution in [2.75, 3.05) is 18.1 Å². The van der Waals surface area contributed by atoms with Crippen LogP contribution < -0.4 is 4.90 Å². The summed E-state index contributed by atoms with van der Waals surface area (Å²) in [6, 6.07) is 13.0. The molecule has 1 aliphatic rings. The zero-order chi connectivity index (χ0) is 19.7. The van der Waals surface area contributed by atoms with E-state index < -0.39 is 0 Å². The molecule has 1 unspecified atom stereocenters. The molecule has 0 saturated carbocycles. The van der Waals surface area contributed by atoms with Gasteiger partial charge in [0.15, 0.2) is 5.13 Å². The average Bonchev–Trinajstić information content (AvgIpc) is 3.35. The van der Waals surface area contributed by atoms with E-state index >= 15 is 0 Å². The molecule has 2 heterocycles. The van der Waals surface area contributed by atoms with E-state index in [1.54, 1.807) is 29.2 Å². The van der Waals surface area contributed by atoms with Crippen molar-refractivity contribution < 1.29 is 9.53 Å². The lowest BCUT2D eigenvalue weighted by Gasteiger charge is -2.23. The molecule has 1 atom stereocenters. The number of anilines is 1. The Bertz CT molecular complexity index is 1020. The van der Waals surface area contributed by atoms with E-state index in [0.717, 1.165) is 29.7 Å². The van der Waals surface area contributed by atoms with Gasteiger partial charge in [0.1, 0.15) is 0 Å². The van der Waals surface area contributed by atoms with Crippen LogP contribution in [0.2, 0.25) is 0 Å². The van der Waals surface area contributed by atoms with Gasteiger partial charge in [0.2, 0.25) is 0 Å². The van der Waals surface area contributed by atoms with Crippen molar-refractivity contribution in [3.63, 3.8) is 0 Å². The fourth-order valence-corrected chi connectivity index (χ4v) is 4.42. The third-order valence-corrected chi connectivity index (χ3v) is 6.18. The molecule has 1 aromatic heterocycles. The Morgan fingerprint density at radius 1 is 1.29 bits per heavy atom. The highest BCUT2D eigenvalue weighted by atomic mass is 32.1. The Morgan fingerprint density at radius 3 is 2.71 bits per heavy atom. The SMILES string of the molecule is Cc1cc2nc(N(CC3CCCO3)C(=O)c3ccc(C#N)cc3)sc2cc1C. The minimum absolute atomic E-state index is 0.0258. The highest BCUT2D eigenvalue weighted by molar-refractivity contribution is 7.22. The number of benzene rings is 2. The molecule has 1 saturated heterocycles. The first-order valence-electron chi connectivity index (χ1n) is 9.36. The van der Waals surface area contributed by atoms with Gasteiger partial charge in [0, 0.05) is 12.2 Å². The van der Waals surface area contributed by atoms with Crippen LogP contribution in [0.25, 0.3) is 10.2 Å². The second kappa shape index (κ2) is 7.70. The normalized spacial score (nSPS) is 16.2. The van der Waals surface area contributed by atoms with Crippen molar-refractivity contribution in [3.05, 3.63) is 58.7 Å². The number of aromatic nitrogens is 1. The molecule has 6 heteroatoms. The molecule has 1 amide bonds. The predicted molar refractivity (Wildman–Crippen MR) is 111 cm³/mol. The summed E-state index contributed by atoms with van der Waals surface area (Å²) in [5.41, 5.74) is 4.39. The van der Waals surface area contributed by atoms with E-state index in [1.807, 2.05) is 0 Å². The minimum atomic E-state index is -0.118. The molecular formula is C22H21N3O2S. The van der Waals surface area contributed by atoms with Gasteiger partial charge in [-0.25, -0.2) is 4.98 Å². The number of hydrogen-bond acceptors (Lipinski definition) is 5. The van der Waals surface area contributed by atoms with Gasteiger partial charge in [0.05, 0.1) is 34.5 Å². The molecule has 4 rings (SSSR count). The number of carbonyl (C=O) groups is 1. The number of nitrogens with zero attached hydrogens (tertiary/aromatic N) is 3. The molecule has 1 aliphatic heterocycles. The molecule has 0 N–H and O–H groups in total. The Morgan fingerprint density at radius 2 is 2.04 bits per heavy atom. The van der Waals surface area contributed by atoms with Crippen LogP contribution in [0.4, 0.5) is 5.13 Å². The van der Waals surface area contributed by atoms with Crippen molar-refractivity contribution in [2.24, 2.45) is 0 Å². The molecule has 5 nitrogen and oxygen atoms in total. The summed E-state index contributed by atoms with van der Waals surface area (Å²) >= 11 is 1.53. The maximum absolute atomic E-state index is 13.3. The molecule has 0 spiro atoms. The smallest absolute Gasteiger partial charge is 0.260 e. The molecule has 3 aromatic rings. The van der Waals surface area contributed by atoms with Crippen molar-refractivity contribution in [2.45, 2.75) is 32.8 Å². The van der Waals surface area contributed by atoms with E-state index in [4.69, 9.17) is 15.0 Å². The maximum atomic E-state index is 13.3. The summed E-state index contributed by atoms with van der Waals surface area (Å²) in [4.78, 5) is 19.8. The van der Waals surface area contributed by atoms with Gasteiger partial charge in [0.25, 0.3) is 5.91 Å². The Hall–Kier alpha value is -2.75. The summed E-state index contributed by atoms with van der Waals surface area (Å²) < 4.78 is 6.85. The van der Waals surface area contributed by atoms with Crippen LogP contribution in [0, 0.1) is 25.2 Å². The molecular weight excluding hydrogens is 370 g/mol. The summed E-state index contributed by atoms with van der Waals surface area (Å²) in [5.74, 6) is -0.118. The lowest BCUT2D eigenvalue weighted by Crippen LogP contribution is -2.37. The lowest BCUT2D eigenvalue weighted by atomic mass is 10.1. The highest BCUT2D eigenvalue weighted by Gasteiger charge is 2.27. The molecule has 0 radical (unpaired) electrons. The quantitative estimate of drug-likeness (QED) is 0.651. The molecule has 0 bridgehead atoms. The first kappa shape index (κ1) is 18.6. The van der Waals surface area contributed by atoms with E-state index in [1.165, 1.54) is 22.5 Å². The number of carbonyl (C=O) groups excluding carboxylic acids is 1. The fourth-order valence-electron chi connectivity index (χ4n) is 3.37. The molecule has 28 heavy (non-hydrogen) atoms. The molecule has 1 fully saturated rings. The fraction of sp³-hybridized carbons (Fsp3) is 0.318. The second-order valence-electron chi connectivity index (χ2n) is 7.14. The first-order chi connectivity index (χ1) is 13.5. The Balaban J connectivity index is 1.72. The van der Waals surface area contributed by atoms with Gasteiger partial charge in [-0.15, -0.1) is 0 Å². The standard InChI is InChI=1S/C22H21N3O2S/c1-14-10-19-20(11-15(14)2)28-22(24-19)25(13-18-4-3-9-27-18)21(26)17-7-5-16(12-23)6-8-17/h5-8,10-11,18H,3-4,9,13H2,1-2H3. The second-order valence-corrected chi connectivity index (χ2v) is 8.15. The van der Waals surface area contributed by atoms with Crippen molar-refractivity contribution >= 4 is 32.6 Å². The number of rotatable bonds is 4. The Kier molecular flexibility index (Phi) is 5.12. The predicted octanol–water partition coefficient (Wildman–Crippen LogP) is 4.61. The molecule has 142 valence electrons. The highest BCUT2D eigenvalue weighted by Crippen LogP contribution is 2.32. The summed E-state index contributed by atoms with van der Waals surface area (Å²) in [5, 5.41) is 9.68. The van der Waals surface area contributed by atoms with Crippen LogP contribution in [0.3, 0.4) is 0 Å². The van der Waals surface area contributed by atoms with Gasteiger partial charge >= 0.3 is 0 Å². The largest absolute Gasteiger partial charge is 0.376 e. The summed E-state index contributed by atoms with van der Waals surface area (Å²) in [6.45, 7) is 5.37. The van der Waals surface area contributed by atoms with Crippen LogP contribution in [0.15, 0.2) is 36.4 Å². The number of nitriles is 1. The number of aryl methyl sites for hydroxylation is 2. The number of fused-ring (bicyclic) bond motifs is 1. The van der Waals surface area contributed by atoms with Gasteiger partial charge in [-0.05, 0) is 74.2 Å². The summed E-state index contributed by atoms with van der Waals surface area (Å²) in [7, 11) is 0. The van der Waals surface area contributed by atoms with Crippen LogP contribution in [-0.4, -0.2) is 30.1 Å². The van der Waals surface area contributed by atoms with Crippen LogP contribution in [0.1, 0.15) is 39.9 Å². The van der Waals surface area contributed by atoms with Crippen molar-refractivity contribution in [1.82, 2.24) is 4.98 Å². The summed E-state index contributed by atoms with van der Waals surface area (Å²) in [6.07, 6.45) is 1.99.